The summed E-state index contributed by atoms with van der Waals surface area (Å²) < 4.78 is 10.1. The van der Waals surface area contributed by atoms with Crippen molar-refractivity contribution in [1.82, 2.24) is 5.32 Å². The molecule has 4 heteroatoms. The molecule has 1 aliphatic heterocycles. The summed E-state index contributed by atoms with van der Waals surface area (Å²) in [5, 5.41) is 3.32. The van der Waals surface area contributed by atoms with Crippen LogP contribution in [-0.2, 0) is 11.2 Å². The van der Waals surface area contributed by atoms with Gasteiger partial charge in [-0.15, -0.1) is 0 Å². The molecule has 2 heterocycles. The molecule has 1 saturated heterocycles. The lowest BCUT2D eigenvalue weighted by molar-refractivity contribution is 0.0597. The normalized spacial score (nSPS) is 17.3. The highest BCUT2D eigenvalue weighted by molar-refractivity contribution is 5.90. The van der Waals surface area contributed by atoms with Gasteiger partial charge >= 0.3 is 5.97 Å². The van der Waals surface area contributed by atoms with Gasteiger partial charge in [0.25, 0.3) is 0 Å². The second-order valence-corrected chi connectivity index (χ2v) is 4.15. The number of piperidine rings is 1. The van der Waals surface area contributed by atoms with Gasteiger partial charge in [-0.05, 0) is 37.9 Å². The van der Waals surface area contributed by atoms with Crippen molar-refractivity contribution in [3.8, 4) is 0 Å². The summed E-state index contributed by atoms with van der Waals surface area (Å²) in [6.45, 7) is 2.11. The Morgan fingerprint density at radius 3 is 3.00 bits per heavy atom. The quantitative estimate of drug-likeness (QED) is 0.791. The van der Waals surface area contributed by atoms with Crippen molar-refractivity contribution in [2.45, 2.75) is 19.3 Å². The van der Waals surface area contributed by atoms with Crippen molar-refractivity contribution < 1.29 is 13.9 Å². The molecule has 88 valence electrons. The topological polar surface area (TPSA) is 51.5 Å². The Balaban J connectivity index is 2.03. The summed E-state index contributed by atoms with van der Waals surface area (Å²) in [4.78, 5) is 11.4. The lowest BCUT2D eigenvalue weighted by atomic mass is 9.92. The van der Waals surface area contributed by atoms with Gasteiger partial charge in [0.1, 0.15) is 11.3 Å². The summed E-state index contributed by atoms with van der Waals surface area (Å²) >= 11 is 0. The number of nitrogens with one attached hydrogen (secondary N) is 1. The van der Waals surface area contributed by atoms with E-state index in [9.17, 15) is 4.79 Å². The van der Waals surface area contributed by atoms with E-state index in [1.165, 1.54) is 7.11 Å². The Morgan fingerprint density at radius 1 is 1.56 bits per heavy atom. The van der Waals surface area contributed by atoms with Gasteiger partial charge in [-0.2, -0.15) is 0 Å². The molecule has 1 aromatic heterocycles. The first-order valence-corrected chi connectivity index (χ1v) is 5.66. The Morgan fingerprint density at radius 2 is 2.31 bits per heavy atom. The lowest BCUT2D eigenvalue weighted by Crippen LogP contribution is -2.28. The van der Waals surface area contributed by atoms with E-state index < -0.39 is 0 Å². The van der Waals surface area contributed by atoms with Crippen LogP contribution in [0.1, 0.15) is 29.0 Å². The first-order chi connectivity index (χ1) is 7.81. The molecule has 1 N–H and O–H groups in total. The molecule has 2 rings (SSSR count). The van der Waals surface area contributed by atoms with Crippen molar-refractivity contribution in [2.24, 2.45) is 5.92 Å². The van der Waals surface area contributed by atoms with Crippen molar-refractivity contribution in [3.63, 3.8) is 0 Å². The van der Waals surface area contributed by atoms with Crippen molar-refractivity contribution in [2.75, 3.05) is 20.2 Å². The fraction of sp³-hybridized carbons (Fsp3) is 0.583. The van der Waals surface area contributed by atoms with Gasteiger partial charge in [0.05, 0.1) is 13.4 Å². The fourth-order valence-corrected chi connectivity index (χ4v) is 2.14. The molecule has 1 aromatic rings. The zero-order valence-electron chi connectivity index (χ0n) is 9.49. The zero-order valence-corrected chi connectivity index (χ0v) is 9.49. The van der Waals surface area contributed by atoms with E-state index in [4.69, 9.17) is 9.15 Å². The first kappa shape index (κ1) is 11.2. The largest absolute Gasteiger partial charge is 0.468 e. The maximum Gasteiger partial charge on any atom is 0.341 e. The summed E-state index contributed by atoms with van der Waals surface area (Å²) in [6, 6.07) is 1.68. The van der Waals surface area contributed by atoms with Crippen LogP contribution in [-0.4, -0.2) is 26.2 Å². The van der Waals surface area contributed by atoms with Crippen LogP contribution in [0.5, 0.6) is 0 Å². The molecule has 1 aliphatic rings. The maximum atomic E-state index is 11.4. The predicted molar refractivity (Wildman–Crippen MR) is 59.3 cm³/mol. The minimum atomic E-state index is -0.308. The van der Waals surface area contributed by atoms with Gasteiger partial charge in [0, 0.05) is 6.42 Å². The summed E-state index contributed by atoms with van der Waals surface area (Å²) in [7, 11) is 1.39. The van der Waals surface area contributed by atoms with E-state index in [0.717, 1.165) is 38.1 Å². The molecule has 1 fully saturated rings. The second kappa shape index (κ2) is 5.16. The van der Waals surface area contributed by atoms with E-state index in [1.54, 1.807) is 12.3 Å². The molecule has 0 aromatic carbocycles. The molecule has 16 heavy (non-hydrogen) atoms. The predicted octanol–water partition coefficient (Wildman–Crippen LogP) is 1.61. The highest BCUT2D eigenvalue weighted by Crippen LogP contribution is 2.21. The number of carbonyl (C=O) groups excluding carboxylic acids is 1. The Labute approximate surface area is 95.0 Å². The van der Waals surface area contributed by atoms with Crippen molar-refractivity contribution in [1.29, 1.82) is 0 Å². The standard InChI is InChI=1S/C12H17NO3/c1-15-12(14)10-4-7-16-11(10)8-9-2-5-13-6-3-9/h4,7,9,13H,2-3,5-6,8H2,1H3. The number of rotatable bonds is 3. The molecule has 0 amide bonds. The third-order valence-corrected chi connectivity index (χ3v) is 3.08. The van der Waals surface area contributed by atoms with Crippen LogP contribution >= 0.6 is 0 Å². The molecule has 0 unspecified atom stereocenters. The minimum absolute atomic E-state index is 0.308. The monoisotopic (exact) mass is 223 g/mol. The van der Waals surface area contributed by atoms with E-state index in [0.29, 0.717) is 11.5 Å². The number of methoxy groups -OCH3 is 1. The first-order valence-electron chi connectivity index (χ1n) is 5.66. The lowest BCUT2D eigenvalue weighted by Gasteiger charge is -2.21. The summed E-state index contributed by atoms with van der Waals surface area (Å²) in [6.07, 6.45) is 4.67. The second-order valence-electron chi connectivity index (χ2n) is 4.15. The number of hydrogen-bond acceptors (Lipinski definition) is 4. The molecule has 4 nitrogen and oxygen atoms in total. The molecule has 0 radical (unpaired) electrons. The zero-order chi connectivity index (χ0) is 11.4. The molecular formula is C12H17NO3. The van der Waals surface area contributed by atoms with Crippen molar-refractivity contribution in [3.05, 3.63) is 23.7 Å². The van der Waals surface area contributed by atoms with Crippen LogP contribution in [0.15, 0.2) is 16.7 Å². The average Bonchev–Trinajstić information content (AvgIpc) is 2.77. The van der Waals surface area contributed by atoms with Crippen molar-refractivity contribution >= 4 is 5.97 Å². The summed E-state index contributed by atoms with van der Waals surface area (Å²) in [5.74, 6) is 1.06. The van der Waals surface area contributed by atoms with Gasteiger partial charge in [0.2, 0.25) is 0 Å². The van der Waals surface area contributed by atoms with Crippen LogP contribution in [0, 0.1) is 5.92 Å². The SMILES string of the molecule is COC(=O)c1ccoc1CC1CCNCC1. The third-order valence-electron chi connectivity index (χ3n) is 3.08. The minimum Gasteiger partial charge on any atom is -0.468 e. The van der Waals surface area contributed by atoms with Gasteiger partial charge in [-0.25, -0.2) is 4.79 Å². The van der Waals surface area contributed by atoms with Gasteiger partial charge in [-0.1, -0.05) is 0 Å². The van der Waals surface area contributed by atoms with E-state index in [2.05, 4.69) is 5.32 Å². The van der Waals surface area contributed by atoms with Gasteiger partial charge in [-0.3, -0.25) is 0 Å². The Hall–Kier alpha value is -1.29. The van der Waals surface area contributed by atoms with Crippen LogP contribution in [0.4, 0.5) is 0 Å². The van der Waals surface area contributed by atoms with Crippen LogP contribution < -0.4 is 5.32 Å². The van der Waals surface area contributed by atoms with E-state index >= 15 is 0 Å². The van der Waals surface area contributed by atoms with Crippen LogP contribution in [0.3, 0.4) is 0 Å². The molecular weight excluding hydrogens is 206 g/mol. The highest BCUT2D eigenvalue weighted by atomic mass is 16.5. The molecule has 0 saturated carbocycles. The number of furan rings is 1. The number of hydrogen-bond donors (Lipinski definition) is 1. The average molecular weight is 223 g/mol. The highest BCUT2D eigenvalue weighted by Gasteiger charge is 2.20. The Bertz CT molecular complexity index is 353. The molecule has 0 atom stereocenters. The van der Waals surface area contributed by atoms with Crippen LogP contribution in [0.2, 0.25) is 0 Å². The summed E-state index contributed by atoms with van der Waals surface area (Å²) in [5.41, 5.74) is 0.570. The number of carbonyl (C=O) groups is 1. The van der Waals surface area contributed by atoms with Gasteiger partial charge in [0.15, 0.2) is 0 Å². The van der Waals surface area contributed by atoms with E-state index in [1.807, 2.05) is 0 Å². The number of esters is 1. The molecule has 0 spiro atoms. The Kier molecular flexibility index (Phi) is 3.62. The fourth-order valence-electron chi connectivity index (χ4n) is 2.14. The van der Waals surface area contributed by atoms with Crippen LogP contribution in [0.25, 0.3) is 0 Å². The van der Waals surface area contributed by atoms with E-state index in [-0.39, 0.29) is 5.97 Å². The number of ether oxygens (including phenoxy) is 1. The third kappa shape index (κ3) is 2.44. The smallest absolute Gasteiger partial charge is 0.341 e. The van der Waals surface area contributed by atoms with Gasteiger partial charge < -0.3 is 14.5 Å². The maximum absolute atomic E-state index is 11.4. The molecule has 0 aliphatic carbocycles. The molecule has 0 bridgehead atoms.